The second-order valence-corrected chi connectivity index (χ2v) is 11.2. The van der Waals surface area contributed by atoms with Gasteiger partial charge in [-0.1, -0.05) is 0 Å². The summed E-state index contributed by atoms with van der Waals surface area (Å²) < 4.78 is 33.1. The van der Waals surface area contributed by atoms with Crippen molar-refractivity contribution in [1.82, 2.24) is 14.4 Å². The molecule has 2 aromatic rings. The summed E-state index contributed by atoms with van der Waals surface area (Å²) in [6.45, 7) is 13.9. The molecule has 0 radical (unpaired) electrons. The highest BCUT2D eigenvalue weighted by Crippen LogP contribution is 2.36. The number of amides is 2. The van der Waals surface area contributed by atoms with Crippen LogP contribution in [0.15, 0.2) is 18.2 Å². The standard InChI is InChI=1S/C29H44FN3O5/c1-8-37-26-23-18-21(30)13-14-24(23)32(16-9-10-17-36-7)25(26)27(34)33(20(2)3)22-12-11-15-31(19-22)28(35)38-29(4,5)6/h13-14,18,20,22H,8-12,15-17,19H2,1-7H3/t22-/m1/s1. The number of hydrogen-bond donors (Lipinski definition) is 0. The van der Waals surface area contributed by atoms with Gasteiger partial charge in [-0.3, -0.25) is 4.79 Å². The third-order valence-electron chi connectivity index (χ3n) is 6.68. The molecule has 8 nitrogen and oxygen atoms in total. The first kappa shape index (κ1) is 29.7. The Balaban J connectivity index is 2.02. The number of carbonyl (C=O) groups is 2. The molecule has 1 aromatic heterocycles. The van der Waals surface area contributed by atoms with E-state index in [-0.39, 0.29) is 29.9 Å². The zero-order valence-electron chi connectivity index (χ0n) is 24.0. The van der Waals surface area contributed by atoms with E-state index < -0.39 is 5.60 Å². The predicted molar refractivity (Wildman–Crippen MR) is 146 cm³/mol. The number of nitrogens with zero attached hydrogens (tertiary/aromatic N) is 3. The second-order valence-electron chi connectivity index (χ2n) is 11.2. The van der Waals surface area contributed by atoms with E-state index in [0.717, 1.165) is 31.2 Å². The number of halogens is 1. The van der Waals surface area contributed by atoms with Crippen molar-refractivity contribution >= 4 is 22.9 Å². The minimum atomic E-state index is -0.594. The molecule has 1 aliphatic rings. The number of unbranched alkanes of at least 4 members (excludes halogenated alkanes) is 1. The highest BCUT2D eigenvalue weighted by Gasteiger charge is 2.37. The van der Waals surface area contributed by atoms with Gasteiger partial charge in [-0.2, -0.15) is 0 Å². The Morgan fingerprint density at radius 2 is 1.95 bits per heavy atom. The Labute approximate surface area is 226 Å². The number of likely N-dealkylation sites (tertiary alicyclic amines) is 1. The van der Waals surface area contributed by atoms with Crippen molar-refractivity contribution in [3.8, 4) is 5.75 Å². The van der Waals surface area contributed by atoms with Crippen LogP contribution < -0.4 is 4.74 Å². The number of methoxy groups -OCH3 is 1. The highest BCUT2D eigenvalue weighted by molar-refractivity contribution is 6.04. The third-order valence-corrected chi connectivity index (χ3v) is 6.68. The molecule has 38 heavy (non-hydrogen) atoms. The third kappa shape index (κ3) is 6.98. The van der Waals surface area contributed by atoms with Crippen LogP contribution in [-0.2, 0) is 16.0 Å². The largest absolute Gasteiger partial charge is 0.491 e. The summed E-state index contributed by atoms with van der Waals surface area (Å²) in [5, 5.41) is 0.588. The van der Waals surface area contributed by atoms with E-state index in [0.29, 0.717) is 49.7 Å². The van der Waals surface area contributed by atoms with Gasteiger partial charge >= 0.3 is 6.09 Å². The Morgan fingerprint density at radius 1 is 1.21 bits per heavy atom. The summed E-state index contributed by atoms with van der Waals surface area (Å²) in [6, 6.07) is 4.25. The fourth-order valence-corrected chi connectivity index (χ4v) is 5.17. The molecule has 0 bridgehead atoms. The van der Waals surface area contributed by atoms with Crippen molar-refractivity contribution in [2.24, 2.45) is 0 Å². The molecule has 9 heteroatoms. The normalized spacial score (nSPS) is 16.2. The molecule has 1 atom stereocenters. The topological polar surface area (TPSA) is 73.2 Å². The lowest BCUT2D eigenvalue weighted by atomic mass is 10.0. The van der Waals surface area contributed by atoms with Gasteiger partial charge in [0.15, 0.2) is 11.4 Å². The minimum Gasteiger partial charge on any atom is -0.491 e. The Morgan fingerprint density at radius 3 is 2.58 bits per heavy atom. The van der Waals surface area contributed by atoms with Gasteiger partial charge in [0, 0.05) is 44.8 Å². The van der Waals surface area contributed by atoms with Crippen LogP contribution in [0.1, 0.15) is 77.7 Å². The van der Waals surface area contributed by atoms with Gasteiger partial charge in [-0.25, -0.2) is 9.18 Å². The van der Waals surface area contributed by atoms with Crippen molar-refractivity contribution in [3.63, 3.8) is 0 Å². The van der Waals surface area contributed by atoms with Crippen molar-refractivity contribution < 1.29 is 28.2 Å². The van der Waals surface area contributed by atoms with E-state index >= 15 is 0 Å². The SMILES string of the molecule is CCOc1c(C(=O)N(C(C)C)[C@@H]2CCCN(C(=O)OC(C)(C)C)C2)n(CCCCOC)c2ccc(F)cc12. The number of carbonyl (C=O) groups excluding carboxylic acids is 2. The van der Waals surface area contributed by atoms with Crippen LogP contribution in [0.3, 0.4) is 0 Å². The molecule has 0 N–H and O–H groups in total. The maximum Gasteiger partial charge on any atom is 0.410 e. The van der Waals surface area contributed by atoms with E-state index in [4.69, 9.17) is 14.2 Å². The molecule has 1 fully saturated rings. The van der Waals surface area contributed by atoms with E-state index in [1.807, 2.05) is 51.0 Å². The van der Waals surface area contributed by atoms with Crippen molar-refractivity contribution in [2.75, 3.05) is 33.4 Å². The molecule has 212 valence electrons. The minimum absolute atomic E-state index is 0.128. The van der Waals surface area contributed by atoms with Crippen LogP contribution in [0.5, 0.6) is 5.75 Å². The molecule has 1 saturated heterocycles. The number of aryl methyl sites for hydroxylation is 1. The summed E-state index contributed by atoms with van der Waals surface area (Å²) >= 11 is 0. The molecule has 0 spiro atoms. The summed E-state index contributed by atoms with van der Waals surface area (Å²) in [7, 11) is 1.67. The first-order valence-corrected chi connectivity index (χ1v) is 13.7. The zero-order chi connectivity index (χ0) is 28.0. The first-order chi connectivity index (χ1) is 18.0. The highest BCUT2D eigenvalue weighted by atomic mass is 19.1. The number of fused-ring (bicyclic) bond motifs is 1. The number of rotatable bonds is 10. The summed E-state index contributed by atoms with van der Waals surface area (Å²) in [5.74, 6) is -0.151. The molecule has 0 saturated carbocycles. The monoisotopic (exact) mass is 533 g/mol. The molecule has 0 unspecified atom stereocenters. The van der Waals surface area contributed by atoms with Crippen molar-refractivity contribution in [3.05, 3.63) is 29.7 Å². The number of hydrogen-bond acceptors (Lipinski definition) is 5. The molecular formula is C29H44FN3O5. The Kier molecular flexibility index (Phi) is 10.0. The lowest BCUT2D eigenvalue weighted by molar-refractivity contribution is 0.00725. The van der Waals surface area contributed by atoms with Gasteiger partial charge in [0.2, 0.25) is 0 Å². The van der Waals surface area contributed by atoms with Crippen LogP contribution in [0.25, 0.3) is 10.9 Å². The van der Waals surface area contributed by atoms with Gasteiger partial charge in [0.1, 0.15) is 11.4 Å². The average Bonchev–Trinajstić information content (AvgIpc) is 3.13. The number of aromatic nitrogens is 1. The van der Waals surface area contributed by atoms with Crippen LogP contribution in [-0.4, -0.2) is 77.5 Å². The van der Waals surface area contributed by atoms with Crippen molar-refractivity contribution in [2.45, 2.75) is 91.5 Å². The summed E-state index contributed by atoms with van der Waals surface area (Å²) in [4.78, 5) is 30.8. The van der Waals surface area contributed by atoms with Crippen LogP contribution in [0, 0.1) is 5.82 Å². The predicted octanol–water partition coefficient (Wildman–Crippen LogP) is 5.86. The molecule has 1 aromatic carbocycles. The number of benzene rings is 1. The fourth-order valence-electron chi connectivity index (χ4n) is 5.17. The van der Waals surface area contributed by atoms with E-state index in [1.165, 1.54) is 12.1 Å². The quantitative estimate of drug-likeness (QED) is 0.358. The van der Waals surface area contributed by atoms with Gasteiger partial charge in [0.05, 0.1) is 18.2 Å². The smallest absolute Gasteiger partial charge is 0.410 e. The Bertz CT molecular complexity index is 1110. The summed E-state index contributed by atoms with van der Waals surface area (Å²) in [6.07, 6.45) is 2.80. The average molecular weight is 534 g/mol. The zero-order valence-corrected chi connectivity index (χ0v) is 24.0. The number of ether oxygens (including phenoxy) is 3. The van der Waals surface area contributed by atoms with Crippen LogP contribution in [0.4, 0.5) is 9.18 Å². The van der Waals surface area contributed by atoms with Gasteiger partial charge in [-0.05, 0) is 85.4 Å². The lowest BCUT2D eigenvalue weighted by Crippen LogP contribution is -2.54. The molecule has 2 amide bonds. The van der Waals surface area contributed by atoms with E-state index in [1.54, 1.807) is 18.1 Å². The lowest BCUT2D eigenvalue weighted by Gasteiger charge is -2.41. The van der Waals surface area contributed by atoms with Crippen LogP contribution >= 0.6 is 0 Å². The maximum atomic E-state index is 14.4. The van der Waals surface area contributed by atoms with Crippen molar-refractivity contribution in [1.29, 1.82) is 0 Å². The van der Waals surface area contributed by atoms with E-state index in [9.17, 15) is 14.0 Å². The van der Waals surface area contributed by atoms with Crippen LogP contribution in [0.2, 0.25) is 0 Å². The molecule has 3 rings (SSSR count). The molecule has 0 aliphatic carbocycles. The van der Waals surface area contributed by atoms with Gasteiger partial charge in [0.25, 0.3) is 5.91 Å². The van der Waals surface area contributed by atoms with Gasteiger partial charge < -0.3 is 28.6 Å². The summed E-state index contributed by atoms with van der Waals surface area (Å²) in [5.41, 5.74) is 0.592. The molecular weight excluding hydrogens is 489 g/mol. The Hall–Kier alpha value is -2.81. The maximum absolute atomic E-state index is 14.4. The molecule has 1 aliphatic heterocycles. The molecule has 2 heterocycles. The number of piperidine rings is 1. The van der Waals surface area contributed by atoms with Gasteiger partial charge in [-0.15, -0.1) is 0 Å². The van der Waals surface area contributed by atoms with E-state index in [2.05, 4.69) is 0 Å². The second kappa shape index (κ2) is 12.8. The first-order valence-electron chi connectivity index (χ1n) is 13.7. The fraction of sp³-hybridized carbons (Fsp3) is 0.655.